The van der Waals surface area contributed by atoms with Gasteiger partial charge >= 0.3 is 0 Å². The Labute approximate surface area is 123 Å². The number of carbonyl (C=O) groups excluding carboxylic acids is 1. The number of hydrogen-bond donors (Lipinski definition) is 0. The number of hydrogen-bond acceptors (Lipinski definition) is 4. The summed E-state index contributed by atoms with van der Waals surface area (Å²) in [6.45, 7) is 0.392. The Kier molecular flexibility index (Phi) is 3.77. The lowest BCUT2D eigenvalue weighted by Gasteiger charge is -2.14. The number of aldehydes is 1. The van der Waals surface area contributed by atoms with E-state index in [9.17, 15) is 4.79 Å². The molecule has 0 amide bonds. The molecule has 1 unspecified atom stereocenters. The second kappa shape index (κ2) is 5.87. The smallest absolute Gasteiger partial charge is 0.153 e. The highest BCUT2D eigenvalue weighted by Gasteiger charge is 2.23. The minimum Gasteiger partial charge on any atom is -0.497 e. The molecule has 0 aliphatic carbocycles. The van der Waals surface area contributed by atoms with Gasteiger partial charge in [0.1, 0.15) is 30.0 Å². The topological polar surface area (TPSA) is 44.8 Å². The number of para-hydroxylation sites is 1. The van der Waals surface area contributed by atoms with Crippen LogP contribution in [-0.4, -0.2) is 26.1 Å². The fourth-order valence-electron chi connectivity index (χ4n) is 2.39. The Bertz CT molecular complexity index is 626. The van der Waals surface area contributed by atoms with Crippen molar-refractivity contribution in [3.8, 4) is 17.2 Å². The van der Waals surface area contributed by atoms with Crippen molar-refractivity contribution in [2.45, 2.75) is 12.5 Å². The van der Waals surface area contributed by atoms with Gasteiger partial charge in [-0.1, -0.05) is 18.2 Å². The zero-order chi connectivity index (χ0) is 14.7. The first-order valence-corrected chi connectivity index (χ1v) is 6.80. The van der Waals surface area contributed by atoms with Crippen LogP contribution in [0.3, 0.4) is 0 Å². The van der Waals surface area contributed by atoms with Crippen molar-refractivity contribution in [3.63, 3.8) is 0 Å². The number of methoxy groups -OCH3 is 1. The molecule has 108 valence electrons. The van der Waals surface area contributed by atoms with E-state index in [-0.39, 0.29) is 6.10 Å². The van der Waals surface area contributed by atoms with E-state index >= 15 is 0 Å². The Morgan fingerprint density at radius 2 is 2.14 bits per heavy atom. The van der Waals surface area contributed by atoms with Crippen LogP contribution in [0.5, 0.6) is 17.2 Å². The molecule has 0 fully saturated rings. The third-order valence-corrected chi connectivity index (χ3v) is 3.49. The van der Waals surface area contributed by atoms with Gasteiger partial charge < -0.3 is 14.2 Å². The number of benzene rings is 2. The van der Waals surface area contributed by atoms with Crippen molar-refractivity contribution in [1.82, 2.24) is 0 Å². The highest BCUT2D eigenvalue weighted by Crippen LogP contribution is 2.29. The highest BCUT2D eigenvalue weighted by atomic mass is 16.5. The maximum Gasteiger partial charge on any atom is 0.153 e. The predicted molar refractivity (Wildman–Crippen MR) is 78.4 cm³/mol. The molecule has 0 aromatic heterocycles. The molecular formula is C17H16O4. The lowest BCUT2D eigenvalue weighted by atomic mass is 10.1. The van der Waals surface area contributed by atoms with Crippen molar-refractivity contribution in [3.05, 3.63) is 53.6 Å². The van der Waals surface area contributed by atoms with E-state index in [1.165, 1.54) is 5.56 Å². The summed E-state index contributed by atoms with van der Waals surface area (Å²) < 4.78 is 16.7. The zero-order valence-electron chi connectivity index (χ0n) is 11.7. The second-order valence-corrected chi connectivity index (χ2v) is 4.88. The van der Waals surface area contributed by atoms with Gasteiger partial charge in [0.15, 0.2) is 6.29 Å². The average molecular weight is 284 g/mol. The fraction of sp³-hybridized carbons (Fsp3) is 0.235. The molecule has 4 nitrogen and oxygen atoms in total. The minimum absolute atomic E-state index is 0.0342. The number of ether oxygens (including phenoxy) is 3. The van der Waals surface area contributed by atoms with Gasteiger partial charge in [-0.3, -0.25) is 4.79 Å². The van der Waals surface area contributed by atoms with Gasteiger partial charge in [-0.15, -0.1) is 0 Å². The lowest BCUT2D eigenvalue weighted by molar-refractivity contribution is 0.111. The normalized spacial score (nSPS) is 16.0. The van der Waals surface area contributed by atoms with E-state index in [4.69, 9.17) is 14.2 Å². The third kappa shape index (κ3) is 2.84. The molecule has 4 heteroatoms. The molecule has 21 heavy (non-hydrogen) atoms. The van der Waals surface area contributed by atoms with Gasteiger partial charge in [-0.25, -0.2) is 0 Å². The first-order chi connectivity index (χ1) is 10.3. The van der Waals surface area contributed by atoms with E-state index in [1.807, 2.05) is 18.2 Å². The molecule has 1 aliphatic rings. The van der Waals surface area contributed by atoms with Crippen LogP contribution in [0.25, 0.3) is 0 Å². The maximum atomic E-state index is 11.0. The van der Waals surface area contributed by atoms with E-state index in [2.05, 4.69) is 6.07 Å². The SMILES string of the molecule is COc1ccc(C=O)c(OCC2Cc3ccccc3O2)c1. The number of carbonyl (C=O) groups is 1. The van der Waals surface area contributed by atoms with Gasteiger partial charge in [0, 0.05) is 12.5 Å². The summed E-state index contributed by atoms with van der Waals surface area (Å²) in [5.74, 6) is 2.09. The molecule has 1 heterocycles. The molecule has 3 rings (SSSR count). The van der Waals surface area contributed by atoms with Gasteiger partial charge in [0.25, 0.3) is 0 Å². The minimum atomic E-state index is -0.0342. The van der Waals surface area contributed by atoms with Gasteiger partial charge in [-0.05, 0) is 23.8 Å². The summed E-state index contributed by atoms with van der Waals surface area (Å²) in [5, 5.41) is 0. The van der Waals surface area contributed by atoms with Crippen molar-refractivity contribution in [2.75, 3.05) is 13.7 Å². The molecule has 2 aromatic rings. The van der Waals surface area contributed by atoms with Crippen LogP contribution in [0.4, 0.5) is 0 Å². The van der Waals surface area contributed by atoms with Crippen molar-refractivity contribution >= 4 is 6.29 Å². The molecule has 1 atom stereocenters. The first-order valence-electron chi connectivity index (χ1n) is 6.80. The monoisotopic (exact) mass is 284 g/mol. The van der Waals surface area contributed by atoms with E-state index in [0.29, 0.717) is 23.7 Å². The van der Waals surface area contributed by atoms with E-state index in [1.54, 1.807) is 25.3 Å². The Balaban J connectivity index is 1.67. The first kappa shape index (κ1) is 13.5. The molecule has 0 saturated heterocycles. The molecular weight excluding hydrogens is 268 g/mol. The summed E-state index contributed by atoms with van der Waals surface area (Å²) in [6, 6.07) is 13.1. The largest absolute Gasteiger partial charge is 0.497 e. The number of rotatable bonds is 5. The van der Waals surface area contributed by atoms with Crippen molar-refractivity contribution in [2.24, 2.45) is 0 Å². The van der Waals surface area contributed by atoms with Crippen LogP contribution in [-0.2, 0) is 6.42 Å². The fourth-order valence-corrected chi connectivity index (χ4v) is 2.39. The lowest BCUT2D eigenvalue weighted by Crippen LogP contribution is -2.22. The highest BCUT2D eigenvalue weighted by molar-refractivity contribution is 5.79. The standard InChI is InChI=1S/C17H16O4/c1-19-14-7-6-13(10-18)17(9-14)20-11-15-8-12-4-2-3-5-16(12)21-15/h2-7,9-10,15H,8,11H2,1H3. The summed E-state index contributed by atoms with van der Waals surface area (Å²) >= 11 is 0. The van der Waals surface area contributed by atoms with Crippen LogP contribution in [0.15, 0.2) is 42.5 Å². The molecule has 0 saturated carbocycles. The summed E-state index contributed by atoms with van der Waals surface area (Å²) in [5.41, 5.74) is 1.69. The Morgan fingerprint density at radius 1 is 1.29 bits per heavy atom. The molecule has 0 N–H and O–H groups in total. The van der Waals surface area contributed by atoms with Gasteiger partial charge in [-0.2, -0.15) is 0 Å². The van der Waals surface area contributed by atoms with Gasteiger partial charge in [0.05, 0.1) is 12.7 Å². The summed E-state index contributed by atoms with van der Waals surface area (Å²) in [6.07, 6.45) is 1.56. The van der Waals surface area contributed by atoms with E-state index in [0.717, 1.165) is 18.5 Å². The Hall–Kier alpha value is -2.49. The average Bonchev–Trinajstić information content (AvgIpc) is 2.95. The molecule has 0 spiro atoms. The Morgan fingerprint density at radius 3 is 2.90 bits per heavy atom. The molecule has 2 aromatic carbocycles. The van der Waals surface area contributed by atoms with Crippen molar-refractivity contribution in [1.29, 1.82) is 0 Å². The maximum absolute atomic E-state index is 11.0. The number of fused-ring (bicyclic) bond motifs is 1. The molecule has 1 aliphatic heterocycles. The summed E-state index contributed by atoms with van der Waals surface area (Å²) in [7, 11) is 1.58. The van der Waals surface area contributed by atoms with Crippen LogP contribution >= 0.6 is 0 Å². The van der Waals surface area contributed by atoms with Crippen LogP contribution < -0.4 is 14.2 Å². The zero-order valence-corrected chi connectivity index (χ0v) is 11.7. The van der Waals surface area contributed by atoms with Crippen molar-refractivity contribution < 1.29 is 19.0 Å². The van der Waals surface area contributed by atoms with Crippen LogP contribution in [0.2, 0.25) is 0 Å². The third-order valence-electron chi connectivity index (χ3n) is 3.49. The van der Waals surface area contributed by atoms with E-state index < -0.39 is 0 Å². The second-order valence-electron chi connectivity index (χ2n) is 4.88. The molecule has 0 bridgehead atoms. The van der Waals surface area contributed by atoms with Crippen LogP contribution in [0.1, 0.15) is 15.9 Å². The van der Waals surface area contributed by atoms with Gasteiger partial charge in [0.2, 0.25) is 0 Å². The summed E-state index contributed by atoms with van der Waals surface area (Å²) in [4.78, 5) is 11.0. The predicted octanol–water partition coefficient (Wildman–Crippen LogP) is 2.89. The molecule has 0 radical (unpaired) electrons. The van der Waals surface area contributed by atoms with Crippen LogP contribution in [0, 0.1) is 0 Å². The quantitative estimate of drug-likeness (QED) is 0.792.